The number of methoxy groups -OCH3 is 2. The van der Waals surface area contributed by atoms with Crippen LogP contribution in [-0.2, 0) is 0 Å². The van der Waals surface area contributed by atoms with Crippen LogP contribution in [0.3, 0.4) is 0 Å². The van der Waals surface area contributed by atoms with Gasteiger partial charge in [-0.3, -0.25) is 9.59 Å². The zero-order valence-electron chi connectivity index (χ0n) is 20.1. The zero-order valence-corrected chi connectivity index (χ0v) is 20.1. The maximum atomic E-state index is 12.2. The Morgan fingerprint density at radius 2 is 1.06 bits per heavy atom. The number of aryl methyl sites for hydroxylation is 1. The van der Waals surface area contributed by atoms with E-state index in [4.69, 9.17) is 9.47 Å². The molecule has 0 aromatic heterocycles. The van der Waals surface area contributed by atoms with Crippen molar-refractivity contribution in [3.05, 3.63) is 113 Å². The van der Waals surface area contributed by atoms with E-state index in [9.17, 15) is 24.9 Å². The molecule has 36 heavy (non-hydrogen) atoms. The van der Waals surface area contributed by atoms with Gasteiger partial charge in [-0.25, -0.2) is 0 Å². The number of rotatable bonds is 6. The number of hydrogen-bond donors (Lipinski definition) is 3. The third kappa shape index (κ3) is 6.01. The van der Waals surface area contributed by atoms with Gasteiger partial charge in [-0.15, -0.1) is 0 Å². The smallest absolute Gasteiger partial charge is 0.200 e. The van der Waals surface area contributed by atoms with Gasteiger partial charge in [-0.2, -0.15) is 0 Å². The average molecular weight is 487 g/mol. The first-order valence-electron chi connectivity index (χ1n) is 10.9. The molecule has 0 aliphatic carbocycles. The Morgan fingerprint density at radius 1 is 0.583 bits per heavy atom. The van der Waals surface area contributed by atoms with Crippen LogP contribution in [0, 0.1) is 6.92 Å². The summed E-state index contributed by atoms with van der Waals surface area (Å²) in [6.45, 7) is 1.96. The Hall–Kier alpha value is -4.78. The van der Waals surface area contributed by atoms with Gasteiger partial charge in [0.1, 0.15) is 28.7 Å². The molecule has 0 amide bonds. The van der Waals surface area contributed by atoms with Crippen molar-refractivity contribution in [1.82, 2.24) is 0 Å². The first-order valence-corrected chi connectivity index (χ1v) is 10.9. The lowest BCUT2D eigenvalue weighted by Crippen LogP contribution is -2.02. The van der Waals surface area contributed by atoms with Crippen molar-refractivity contribution < 1.29 is 34.4 Å². The maximum absolute atomic E-state index is 12.2. The summed E-state index contributed by atoms with van der Waals surface area (Å²) in [7, 11) is 2.98. The van der Waals surface area contributed by atoms with Crippen LogP contribution in [-0.4, -0.2) is 41.1 Å². The molecule has 0 bridgehead atoms. The molecule has 4 rings (SSSR count). The standard InChI is InChI=1S/C15H14O3.C14H12O4/c1-10-3-5-11(6-4-10)15(17)13-8-7-12(18-2)9-14(13)16;1-18-9-6-7-11(13(16)8-9)14(17)10-4-2-3-5-12(10)15/h3-9,16H,1-2H3;2-8,15-16H,1H3. The van der Waals surface area contributed by atoms with Crippen molar-refractivity contribution in [3.63, 3.8) is 0 Å². The third-order valence-electron chi connectivity index (χ3n) is 5.36. The average Bonchev–Trinajstić information content (AvgIpc) is 2.89. The molecule has 0 saturated carbocycles. The quantitative estimate of drug-likeness (QED) is 0.318. The molecular weight excluding hydrogens is 460 g/mol. The fourth-order valence-corrected chi connectivity index (χ4v) is 3.33. The lowest BCUT2D eigenvalue weighted by molar-refractivity contribution is 0.102. The van der Waals surface area contributed by atoms with Crippen molar-refractivity contribution >= 4 is 11.6 Å². The number of benzene rings is 4. The number of phenolic OH excluding ortho intramolecular Hbond substituents is 3. The van der Waals surface area contributed by atoms with E-state index in [2.05, 4.69) is 0 Å². The molecule has 0 aliphatic rings. The summed E-state index contributed by atoms with van der Waals surface area (Å²) in [5.74, 6) is -0.0158. The van der Waals surface area contributed by atoms with Gasteiger partial charge in [0.2, 0.25) is 0 Å². The van der Waals surface area contributed by atoms with Gasteiger partial charge in [0.05, 0.1) is 30.9 Å². The largest absolute Gasteiger partial charge is 0.507 e. The maximum Gasteiger partial charge on any atom is 0.200 e. The second-order valence-corrected chi connectivity index (χ2v) is 7.81. The van der Waals surface area contributed by atoms with Gasteiger partial charge < -0.3 is 24.8 Å². The lowest BCUT2D eigenvalue weighted by Gasteiger charge is -2.07. The monoisotopic (exact) mass is 486 g/mol. The van der Waals surface area contributed by atoms with E-state index >= 15 is 0 Å². The minimum absolute atomic E-state index is 0.0695. The summed E-state index contributed by atoms with van der Waals surface area (Å²) in [4.78, 5) is 24.3. The lowest BCUT2D eigenvalue weighted by atomic mass is 10.0. The fraction of sp³-hybridized carbons (Fsp3) is 0.103. The van der Waals surface area contributed by atoms with Crippen LogP contribution in [0.1, 0.15) is 37.4 Å². The van der Waals surface area contributed by atoms with Gasteiger partial charge >= 0.3 is 0 Å². The van der Waals surface area contributed by atoms with Gasteiger partial charge in [0.15, 0.2) is 11.6 Å². The summed E-state index contributed by atoms with van der Waals surface area (Å²) in [5.41, 5.74) is 2.20. The second-order valence-electron chi connectivity index (χ2n) is 7.81. The summed E-state index contributed by atoms with van der Waals surface area (Å²) in [5, 5.41) is 29.2. The summed E-state index contributed by atoms with van der Waals surface area (Å²) in [6.07, 6.45) is 0. The zero-order chi connectivity index (χ0) is 26.2. The van der Waals surface area contributed by atoms with Crippen molar-refractivity contribution in [2.75, 3.05) is 14.2 Å². The predicted molar refractivity (Wildman–Crippen MR) is 135 cm³/mol. The Kier molecular flexibility index (Phi) is 8.30. The molecule has 0 saturated heterocycles. The van der Waals surface area contributed by atoms with Gasteiger partial charge in [-0.1, -0.05) is 42.0 Å². The molecule has 4 aromatic carbocycles. The molecule has 184 valence electrons. The number of ether oxygens (including phenoxy) is 2. The molecule has 7 heteroatoms. The van der Waals surface area contributed by atoms with E-state index in [1.807, 2.05) is 19.1 Å². The van der Waals surface area contributed by atoms with E-state index in [0.717, 1.165) is 5.56 Å². The Balaban J connectivity index is 0.000000201. The topological polar surface area (TPSA) is 113 Å². The SMILES string of the molecule is COc1ccc(C(=O)c2ccc(C)cc2)c(O)c1.COc1ccc(C(=O)c2ccccc2O)c(O)c1. The van der Waals surface area contributed by atoms with E-state index in [1.54, 1.807) is 42.5 Å². The van der Waals surface area contributed by atoms with E-state index in [0.29, 0.717) is 17.1 Å². The van der Waals surface area contributed by atoms with Crippen LogP contribution in [0.25, 0.3) is 0 Å². The minimum atomic E-state index is -0.437. The molecule has 0 radical (unpaired) electrons. The first-order chi connectivity index (χ1) is 17.2. The van der Waals surface area contributed by atoms with Crippen LogP contribution in [0.5, 0.6) is 28.7 Å². The van der Waals surface area contributed by atoms with Crippen molar-refractivity contribution in [1.29, 1.82) is 0 Å². The molecule has 4 aromatic rings. The highest BCUT2D eigenvalue weighted by Crippen LogP contribution is 2.28. The number of aromatic hydroxyl groups is 3. The van der Waals surface area contributed by atoms with Gasteiger partial charge in [0.25, 0.3) is 0 Å². The summed E-state index contributed by atoms with van der Waals surface area (Å²) < 4.78 is 9.92. The van der Waals surface area contributed by atoms with Crippen LogP contribution in [0.2, 0.25) is 0 Å². The van der Waals surface area contributed by atoms with Crippen LogP contribution >= 0.6 is 0 Å². The van der Waals surface area contributed by atoms with Crippen LogP contribution in [0.4, 0.5) is 0 Å². The van der Waals surface area contributed by atoms with Gasteiger partial charge in [0, 0.05) is 17.7 Å². The summed E-state index contributed by atoms with van der Waals surface area (Å²) >= 11 is 0. The highest BCUT2D eigenvalue weighted by atomic mass is 16.5. The molecular formula is C29H26O7. The van der Waals surface area contributed by atoms with Gasteiger partial charge in [-0.05, 0) is 43.3 Å². The van der Waals surface area contributed by atoms with Crippen LogP contribution < -0.4 is 9.47 Å². The highest BCUT2D eigenvalue weighted by molar-refractivity contribution is 6.12. The third-order valence-corrected chi connectivity index (χ3v) is 5.36. The number of para-hydroxylation sites is 1. The normalized spacial score (nSPS) is 10.1. The molecule has 0 unspecified atom stereocenters. The molecule has 0 atom stereocenters. The Labute approximate surface area is 208 Å². The predicted octanol–water partition coefficient (Wildman–Crippen LogP) is 5.28. The Morgan fingerprint density at radius 3 is 1.53 bits per heavy atom. The second kappa shape index (κ2) is 11.6. The van der Waals surface area contributed by atoms with E-state index in [-0.39, 0.29) is 39.7 Å². The minimum Gasteiger partial charge on any atom is -0.507 e. The number of hydrogen-bond acceptors (Lipinski definition) is 7. The summed E-state index contributed by atoms with van der Waals surface area (Å²) in [6, 6.07) is 22.5. The Bertz CT molecular complexity index is 1380. The van der Waals surface area contributed by atoms with Crippen molar-refractivity contribution in [3.8, 4) is 28.7 Å². The number of ketones is 2. The molecule has 0 spiro atoms. The molecule has 0 aliphatic heterocycles. The molecule has 0 heterocycles. The highest BCUT2D eigenvalue weighted by Gasteiger charge is 2.17. The fourth-order valence-electron chi connectivity index (χ4n) is 3.33. The number of carbonyl (C=O) groups excluding carboxylic acids is 2. The van der Waals surface area contributed by atoms with E-state index < -0.39 is 5.78 Å². The molecule has 7 nitrogen and oxygen atoms in total. The number of carbonyl (C=O) groups is 2. The number of phenols is 3. The first kappa shape index (κ1) is 25.8. The van der Waals surface area contributed by atoms with E-state index in [1.165, 1.54) is 44.6 Å². The molecule has 0 fully saturated rings. The molecule has 3 N–H and O–H groups in total. The van der Waals surface area contributed by atoms with Crippen LogP contribution in [0.15, 0.2) is 84.9 Å². The van der Waals surface area contributed by atoms with Crippen molar-refractivity contribution in [2.24, 2.45) is 0 Å². The van der Waals surface area contributed by atoms with Crippen molar-refractivity contribution in [2.45, 2.75) is 6.92 Å².